The van der Waals surface area contributed by atoms with Crippen molar-refractivity contribution in [3.63, 3.8) is 0 Å². The first-order valence-corrected chi connectivity index (χ1v) is 30.6. The van der Waals surface area contributed by atoms with Crippen LogP contribution in [-0.2, 0) is 34.4 Å². The molecular formula is C56H72N12O7S2. The van der Waals surface area contributed by atoms with Crippen molar-refractivity contribution in [2.24, 2.45) is 0 Å². The van der Waals surface area contributed by atoms with E-state index in [0.29, 0.717) is 57.4 Å². The Morgan fingerprint density at radius 2 is 1.08 bits per heavy atom. The summed E-state index contributed by atoms with van der Waals surface area (Å²) in [4.78, 5) is 58.0. The zero-order chi connectivity index (χ0) is 54.3. The van der Waals surface area contributed by atoms with Crippen molar-refractivity contribution < 1.29 is 31.2 Å². The Balaban J connectivity index is 0.892. The van der Waals surface area contributed by atoms with Gasteiger partial charge in [0, 0.05) is 98.6 Å². The maximum atomic E-state index is 15.2. The van der Waals surface area contributed by atoms with Crippen LogP contribution in [0.3, 0.4) is 0 Å². The van der Waals surface area contributed by atoms with Crippen molar-refractivity contribution in [2.75, 3.05) is 59.3 Å². The van der Waals surface area contributed by atoms with Gasteiger partial charge in [-0.05, 0) is 89.0 Å². The zero-order valence-electron chi connectivity index (χ0n) is 44.7. The van der Waals surface area contributed by atoms with E-state index in [1.54, 1.807) is 23.2 Å². The zero-order valence-corrected chi connectivity index (χ0v) is 46.3. The van der Waals surface area contributed by atoms with Gasteiger partial charge >= 0.3 is 0 Å². The Labute approximate surface area is 451 Å². The van der Waals surface area contributed by atoms with Crippen LogP contribution in [0.1, 0.15) is 75.6 Å². The Morgan fingerprint density at radius 3 is 1.52 bits per heavy atom. The molecule has 4 aromatic heterocycles. The monoisotopic (exact) mass is 1090 g/mol. The molecule has 8 heterocycles. The first-order valence-electron chi connectivity index (χ1n) is 26.9. The molecule has 10 unspecified atom stereocenters. The fourth-order valence-electron chi connectivity index (χ4n) is 12.5. The lowest BCUT2D eigenvalue weighted by Crippen LogP contribution is -2.54. The normalized spacial score (nSPS) is 23.6. The van der Waals surface area contributed by atoms with Gasteiger partial charge in [-0.25, -0.2) is 26.8 Å². The standard InChI is InChI=1S/C56H72N12O7S2/c1-36(57-3)31-59-44(55(70)65-29-25-48-50(65)42(32-67(48)76(5,72)73)46-34-63-27-15-21-40(52(63)60-46)38-17-9-7-10-18-38)23-13-14-24-45(62-54(69)37(2)58-4)56(71)66-30-26-49-51(66)43(33-68(49)77(6,74)75)47-35-64-28-16-22-41(53(64)61-47)39-19-11-8-12-20-39/h7-12,15-22,27-28,34-37,42-45,48-51,57-59H,13-14,23-26,29-33H2,1-6H3,(H,62,69). The SMILES string of the molecule is CNC(C)CNC(CCCCC(NC(=O)C(C)NC)C(=O)N1CCC2C1C(c1cn3cccc(-c4ccccc4)c3n1)CN2S(C)(=O)=O)C(=O)N1CCC2C1C(c1cn3cccc(-c4ccccc4)c3n1)CN2S(C)(=O)=O. The van der Waals surface area contributed by atoms with Crippen LogP contribution in [0.4, 0.5) is 0 Å². The van der Waals surface area contributed by atoms with Gasteiger partial charge in [0.2, 0.25) is 37.8 Å². The predicted molar refractivity (Wildman–Crippen MR) is 297 cm³/mol. The third-order valence-corrected chi connectivity index (χ3v) is 19.2. The minimum absolute atomic E-state index is 0.0357. The number of hydrogen-bond acceptors (Lipinski definition) is 12. The van der Waals surface area contributed by atoms with Gasteiger partial charge in [0.05, 0.1) is 48.1 Å². The van der Waals surface area contributed by atoms with Gasteiger partial charge in [0.15, 0.2) is 0 Å². The second-order valence-electron chi connectivity index (χ2n) is 21.5. The van der Waals surface area contributed by atoms with Crippen LogP contribution in [0.2, 0.25) is 0 Å². The first kappa shape index (κ1) is 54.3. The minimum Gasteiger partial charge on any atom is -0.343 e. The molecule has 10 atom stereocenters. The van der Waals surface area contributed by atoms with Crippen molar-refractivity contribution in [2.45, 2.75) is 113 Å². The Bertz CT molecular complexity index is 3340. The number of hydrogen-bond donors (Lipinski definition) is 4. The summed E-state index contributed by atoms with van der Waals surface area (Å²) >= 11 is 0. The summed E-state index contributed by atoms with van der Waals surface area (Å²) in [6, 6.07) is 23.9. The van der Waals surface area contributed by atoms with Crippen LogP contribution in [0.25, 0.3) is 33.5 Å². The Kier molecular flexibility index (Phi) is 15.8. The van der Waals surface area contributed by atoms with Crippen LogP contribution in [0, 0.1) is 0 Å². The highest BCUT2D eigenvalue weighted by Crippen LogP contribution is 2.44. The van der Waals surface area contributed by atoms with E-state index in [-0.39, 0.29) is 49.2 Å². The molecule has 410 valence electrons. The average molecular weight is 1090 g/mol. The van der Waals surface area contributed by atoms with Crippen molar-refractivity contribution in [3.05, 3.63) is 121 Å². The molecular weight excluding hydrogens is 1020 g/mol. The maximum absolute atomic E-state index is 15.2. The number of fused-ring (bicyclic) bond motifs is 4. The van der Waals surface area contributed by atoms with Gasteiger partial charge in [-0.15, -0.1) is 0 Å². The molecule has 19 nitrogen and oxygen atoms in total. The van der Waals surface area contributed by atoms with Crippen molar-refractivity contribution in [1.82, 2.24) is 58.4 Å². The smallest absolute Gasteiger partial charge is 0.245 e. The highest BCUT2D eigenvalue weighted by Gasteiger charge is 2.56. The largest absolute Gasteiger partial charge is 0.343 e. The predicted octanol–water partition coefficient (Wildman–Crippen LogP) is 3.89. The van der Waals surface area contributed by atoms with Crippen LogP contribution < -0.4 is 21.3 Å². The molecule has 6 aromatic rings. The summed E-state index contributed by atoms with van der Waals surface area (Å²) in [5, 5.41) is 12.8. The molecule has 0 bridgehead atoms. The number of rotatable bonds is 20. The fourth-order valence-corrected chi connectivity index (χ4v) is 14.8. The number of pyridine rings is 2. The van der Waals surface area contributed by atoms with Crippen molar-refractivity contribution in [1.29, 1.82) is 0 Å². The summed E-state index contributed by atoms with van der Waals surface area (Å²) in [7, 11) is -3.77. The van der Waals surface area contributed by atoms with E-state index in [4.69, 9.17) is 9.97 Å². The number of likely N-dealkylation sites (N-methyl/N-ethyl adjacent to an activating group) is 2. The van der Waals surface area contributed by atoms with E-state index >= 15 is 9.59 Å². The van der Waals surface area contributed by atoms with Gasteiger partial charge in [0.25, 0.3) is 0 Å². The number of amides is 3. The van der Waals surface area contributed by atoms with Gasteiger partial charge in [-0.2, -0.15) is 8.61 Å². The minimum atomic E-state index is -3.67. The second-order valence-corrected chi connectivity index (χ2v) is 25.4. The number of sulfonamides is 2. The number of aromatic nitrogens is 4. The number of unbranched alkanes of at least 4 members (excludes halogenated alkanes) is 1. The molecule has 4 saturated heterocycles. The molecule has 4 aliphatic rings. The van der Waals surface area contributed by atoms with Crippen LogP contribution in [-0.4, -0.2) is 179 Å². The third kappa shape index (κ3) is 10.9. The second kappa shape index (κ2) is 22.3. The lowest BCUT2D eigenvalue weighted by molar-refractivity contribution is -0.138. The highest BCUT2D eigenvalue weighted by atomic mass is 32.2. The summed E-state index contributed by atoms with van der Waals surface area (Å²) in [5.74, 6) is -1.57. The highest BCUT2D eigenvalue weighted by molar-refractivity contribution is 7.88. The summed E-state index contributed by atoms with van der Waals surface area (Å²) in [6.07, 6.45) is 12.8. The molecule has 0 saturated carbocycles. The number of nitrogens with one attached hydrogen (secondary N) is 4. The molecule has 77 heavy (non-hydrogen) atoms. The van der Waals surface area contributed by atoms with E-state index in [1.807, 2.05) is 137 Å². The molecule has 10 rings (SSSR count). The summed E-state index contributed by atoms with van der Waals surface area (Å²) in [5.41, 5.74) is 6.76. The fraction of sp³-hybridized carbons (Fsp3) is 0.482. The number of nitrogens with zero attached hydrogens (tertiary/aromatic N) is 8. The molecule has 0 radical (unpaired) electrons. The van der Waals surface area contributed by atoms with Crippen LogP contribution in [0.15, 0.2) is 110 Å². The molecule has 21 heteroatoms. The van der Waals surface area contributed by atoms with E-state index in [9.17, 15) is 21.6 Å². The van der Waals surface area contributed by atoms with E-state index < -0.39 is 68.3 Å². The molecule has 4 N–H and O–H groups in total. The maximum Gasteiger partial charge on any atom is 0.245 e. The average Bonchev–Trinajstić information content (AvgIpc) is 4.43. The number of benzene rings is 2. The summed E-state index contributed by atoms with van der Waals surface area (Å²) in [6.45, 7) is 5.28. The van der Waals surface area contributed by atoms with Crippen molar-refractivity contribution in [3.8, 4) is 22.3 Å². The Hall–Kier alpha value is -6.07. The molecule has 4 aliphatic heterocycles. The lowest BCUT2D eigenvalue weighted by Gasteiger charge is -2.33. The quantitative estimate of drug-likeness (QED) is 0.0802. The molecule has 2 aromatic carbocycles. The number of likely N-dealkylation sites (tertiary alicyclic amines) is 2. The Morgan fingerprint density at radius 1 is 0.623 bits per heavy atom. The van der Waals surface area contributed by atoms with Gasteiger partial charge < -0.3 is 39.9 Å². The lowest BCUT2D eigenvalue weighted by atomic mass is 9.95. The number of carbonyl (C=O) groups is 3. The van der Waals surface area contributed by atoms with Crippen LogP contribution in [0.5, 0.6) is 0 Å². The molecule has 4 fully saturated rings. The van der Waals surface area contributed by atoms with Gasteiger partial charge in [0.1, 0.15) is 17.3 Å². The van der Waals surface area contributed by atoms with E-state index in [2.05, 4.69) is 21.3 Å². The summed E-state index contributed by atoms with van der Waals surface area (Å²) < 4.78 is 60.7. The van der Waals surface area contributed by atoms with Gasteiger partial charge in [-0.1, -0.05) is 73.5 Å². The topological polar surface area (TPSA) is 215 Å². The van der Waals surface area contributed by atoms with E-state index in [1.165, 1.54) is 16.8 Å². The van der Waals surface area contributed by atoms with Crippen molar-refractivity contribution >= 4 is 49.1 Å². The van der Waals surface area contributed by atoms with E-state index in [0.717, 1.165) is 39.2 Å². The first-order chi connectivity index (χ1) is 36.9. The van der Waals surface area contributed by atoms with Crippen LogP contribution >= 0.6 is 0 Å². The molecule has 0 spiro atoms. The molecule has 0 aliphatic carbocycles. The third-order valence-electron chi connectivity index (χ3n) is 16.6. The number of imidazole rings is 2. The number of carbonyl (C=O) groups excluding carboxylic acids is 3. The van der Waals surface area contributed by atoms with Gasteiger partial charge in [-0.3, -0.25) is 14.4 Å². The molecule has 3 amide bonds.